The van der Waals surface area contributed by atoms with Gasteiger partial charge in [0.25, 0.3) is 0 Å². The lowest BCUT2D eigenvalue weighted by molar-refractivity contribution is -0.131. The van der Waals surface area contributed by atoms with Crippen LogP contribution in [0.25, 0.3) is 0 Å². The fourth-order valence-corrected chi connectivity index (χ4v) is 3.05. The number of methoxy groups -OCH3 is 1. The van der Waals surface area contributed by atoms with Crippen molar-refractivity contribution in [1.82, 2.24) is 25.0 Å². The zero-order chi connectivity index (χ0) is 17.6. The molecule has 0 spiro atoms. The lowest BCUT2D eigenvalue weighted by Gasteiger charge is -2.21. The summed E-state index contributed by atoms with van der Waals surface area (Å²) in [4.78, 5) is 18.4. The van der Waals surface area contributed by atoms with Crippen LogP contribution in [0.5, 0.6) is 5.75 Å². The largest absolute Gasteiger partial charge is 0.497 e. The van der Waals surface area contributed by atoms with Crippen LogP contribution in [-0.2, 0) is 17.9 Å². The van der Waals surface area contributed by atoms with Crippen LogP contribution in [0.1, 0.15) is 30.1 Å². The summed E-state index contributed by atoms with van der Waals surface area (Å²) in [5.74, 6) is 1.19. The molecule has 7 nitrogen and oxygen atoms in total. The third kappa shape index (κ3) is 6.37. The number of hydrogen-bond donors (Lipinski definition) is 1. The number of amides is 1. The quantitative estimate of drug-likeness (QED) is 0.782. The molecule has 0 aromatic carbocycles. The summed E-state index contributed by atoms with van der Waals surface area (Å²) in [6, 6.07) is 5.65. The molecule has 9 heteroatoms. The van der Waals surface area contributed by atoms with Gasteiger partial charge in [0, 0.05) is 38.0 Å². The van der Waals surface area contributed by atoms with Gasteiger partial charge in [-0.15, -0.1) is 24.8 Å². The van der Waals surface area contributed by atoms with Crippen molar-refractivity contribution in [3.05, 3.63) is 42.0 Å². The first kappa shape index (κ1) is 23.2. The van der Waals surface area contributed by atoms with E-state index in [1.807, 2.05) is 18.3 Å². The summed E-state index contributed by atoms with van der Waals surface area (Å²) in [5, 5.41) is 7.98. The number of halogens is 2. The van der Waals surface area contributed by atoms with E-state index in [1.165, 1.54) is 6.42 Å². The van der Waals surface area contributed by atoms with Gasteiger partial charge < -0.3 is 15.0 Å². The Morgan fingerprint density at radius 3 is 2.93 bits per heavy atom. The van der Waals surface area contributed by atoms with Crippen molar-refractivity contribution >= 4 is 30.7 Å². The zero-order valence-corrected chi connectivity index (χ0v) is 17.3. The Kier molecular flexibility index (Phi) is 9.55. The van der Waals surface area contributed by atoms with Crippen LogP contribution in [0.3, 0.4) is 0 Å². The molecule has 2 aromatic heterocycles. The Hall–Kier alpha value is -1.83. The number of ether oxygens (including phenoxy) is 1. The van der Waals surface area contributed by atoms with Crippen LogP contribution >= 0.6 is 24.8 Å². The molecule has 1 N–H and O–H groups in total. The predicted octanol–water partition coefficient (Wildman–Crippen LogP) is 2.26. The number of hydrogen-bond acceptors (Lipinski definition) is 5. The first-order valence-corrected chi connectivity index (χ1v) is 8.62. The summed E-state index contributed by atoms with van der Waals surface area (Å²) in [7, 11) is 3.39. The number of likely N-dealkylation sites (N-methyl/N-ethyl adjacent to an activating group) is 1. The summed E-state index contributed by atoms with van der Waals surface area (Å²) in [5.41, 5.74) is 1.86. The molecule has 0 saturated carbocycles. The standard InChI is InChI=1S/C18H25N5O2.2ClH/c1-22(12-15-10-16(25-2)5-8-20-15)18(24)13-23-9-6-17(21-23)14-4-3-7-19-11-14;;/h5-6,8-10,14,19H,3-4,7,11-13H2,1-2H3;2*1H. The first-order chi connectivity index (χ1) is 12.2. The highest BCUT2D eigenvalue weighted by Gasteiger charge is 2.18. The van der Waals surface area contributed by atoms with E-state index in [0.717, 1.165) is 36.6 Å². The smallest absolute Gasteiger partial charge is 0.244 e. The minimum absolute atomic E-state index is 0. The van der Waals surface area contributed by atoms with Crippen molar-refractivity contribution in [2.24, 2.45) is 0 Å². The molecular formula is C18H27Cl2N5O2. The van der Waals surface area contributed by atoms with E-state index in [2.05, 4.69) is 15.4 Å². The van der Waals surface area contributed by atoms with Crippen LogP contribution in [0.15, 0.2) is 30.6 Å². The van der Waals surface area contributed by atoms with Crippen molar-refractivity contribution in [1.29, 1.82) is 0 Å². The average molecular weight is 416 g/mol. The lowest BCUT2D eigenvalue weighted by Crippen LogP contribution is -2.31. The minimum Gasteiger partial charge on any atom is -0.497 e. The van der Waals surface area contributed by atoms with Crippen molar-refractivity contribution < 1.29 is 9.53 Å². The second-order valence-corrected chi connectivity index (χ2v) is 6.42. The minimum atomic E-state index is 0. The Labute approximate surface area is 172 Å². The summed E-state index contributed by atoms with van der Waals surface area (Å²) >= 11 is 0. The maximum Gasteiger partial charge on any atom is 0.244 e. The highest BCUT2D eigenvalue weighted by molar-refractivity contribution is 5.85. The molecule has 1 atom stereocenters. The first-order valence-electron chi connectivity index (χ1n) is 8.62. The van der Waals surface area contributed by atoms with E-state index in [9.17, 15) is 4.79 Å². The summed E-state index contributed by atoms with van der Waals surface area (Å²) in [6.07, 6.45) is 5.90. The Morgan fingerprint density at radius 2 is 2.22 bits per heavy atom. The second-order valence-electron chi connectivity index (χ2n) is 6.42. The molecule has 0 aliphatic carbocycles. The van der Waals surface area contributed by atoms with Crippen LogP contribution < -0.4 is 10.1 Å². The van der Waals surface area contributed by atoms with Gasteiger partial charge in [-0.05, 0) is 31.5 Å². The molecule has 3 heterocycles. The Bertz CT molecular complexity index is 719. The third-order valence-corrected chi connectivity index (χ3v) is 4.52. The van der Waals surface area contributed by atoms with Crippen molar-refractivity contribution in [2.75, 3.05) is 27.2 Å². The van der Waals surface area contributed by atoms with Gasteiger partial charge in [0.15, 0.2) is 0 Å². The highest BCUT2D eigenvalue weighted by Crippen LogP contribution is 2.21. The van der Waals surface area contributed by atoms with Gasteiger partial charge in [-0.3, -0.25) is 14.5 Å². The van der Waals surface area contributed by atoms with E-state index >= 15 is 0 Å². The van der Waals surface area contributed by atoms with Gasteiger partial charge in [-0.25, -0.2) is 0 Å². The number of rotatable bonds is 6. The van der Waals surface area contributed by atoms with E-state index < -0.39 is 0 Å². The predicted molar refractivity (Wildman–Crippen MR) is 109 cm³/mol. The SMILES string of the molecule is COc1ccnc(CN(C)C(=O)Cn2ccc(C3CCCNC3)n2)c1.Cl.Cl. The van der Waals surface area contributed by atoms with Crippen LogP contribution in [-0.4, -0.2) is 52.8 Å². The van der Waals surface area contributed by atoms with E-state index in [-0.39, 0.29) is 37.3 Å². The topological polar surface area (TPSA) is 72.3 Å². The number of aromatic nitrogens is 3. The number of carbonyl (C=O) groups excluding carboxylic acids is 1. The summed E-state index contributed by atoms with van der Waals surface area (Å²) < 4.78 is 6.91. The molecule has 1 amide bonds. The van der Waals surface area contributed by atoms with Gasteiger partial charge in [0.05, 0.1) is 25.0 Å². The number of nitrogens with zero attached hydrogens (tertiary/aromatic N) is 4. The molecule has 0 radical (unpaired) electrons. The number of nitrogens with one attached hydrogen (secondary N) is 1. The average Bonchev–Trinajstić information content (AvgIpc) is 3.11. The molecular weight excluding hydrogens is 389 g/mol. The normalized spacial score (nSPS) is 16.0. The van der Waals surface area contributed by atoms with Crippen molar-refractivity contribution in [2.45, 2.75) is 31.8 Å². The van der Waals surface area contributed by atoms with Gasteiger partial charge in [0.1, 0.15) is 12.3 Å². The number of carbonyl (C=O) groups is 1. The second kappa shape index (κ2) is 11.1. The maximum atomic E-state index is 12.5. The number of piperidine rings is 1. The highest BCUT2D eigenvalue weighted by atomic mass is 35.5. The van der Waals surface area contributed by atoms with Crippen LogP contribution in [0, 0.1) is 0 Å². The van der Waals surface area contributed by atoms with Gasteiger partial charge in [-0.1, -0.05) is 0 Å². The van der Waals surface area contributed by atoms with E-state index in [1.54, 1.807) is 36.0 Å². The molecule has 0 bridgehead atoms. The fraction of sp³-hybridized carbons (Fsp3) is 0.500. The number of pyridine rings is 1. The molecule has 1 fully saturated rings. The van der Waals surface area contributed by atoms with Gasteiger partial charge in [-0.2, -0.15) is 5.10 Å². The van der Waals surface area contributed by atoms with Crippen LogP contribution in [0.4, 0.5) is 0 Å². The molecule has 27 heavy (non-hydrogen) atoms. The van der Waals surface area contributed by atoms with Crippen molar-refractivity contribution in [3.8, 4) is 5.75 Å². The van der Waals surface area contributed by atoms with Gasteiger partial charge >= 0.3 is 0 Å². The molecule has 1 saturated heterocycles. The lowest BCUT2D eigenvalue weighted by atomic mass is 9.97. The van der Waals surface area contributed by atoms with Crippen LogP contribution in [0.2, 0.25) is 0 Å². The third-order valence-electron chi connectivity index (χ3n) is 4.52. The fourth-order valence-electron chi connectivity index (χ4n) is 3.05. The van der Waals surface area contributed by atoms with E-state index in [0.29, 0.717) is 12.5 Å². The zero-order valence-electron chi connectivity index (χ0n) is 15.6. The van der Waals surface area contributed by atoms with E-state index in [4.69, 9.17) is 4.74 Å². The van der Waals surface area contributed by atoms with Gasteiger partial charge in [0.2, 0.25) is 5.91 Å². The monoisotopic (exact) mass is 415 g/mol. The molecule has 2 aromatic rings. The molecule has 1 aliphatic rings. The molecule has 1 aliphatic heterocycles. The summed E-state index contributed by atoms with van der Waals surface area (Å²) in [6.45, 7) is 2.72. The Balaban J connectivity index is 0.00000182. The Morgan fingerprint density at radius 1 is 1.41 bits per heavy atom. The maximum absolute atomic E-state index is 12.5. The van der Waals surface area contributed by atoms with Crippen molar-refractivity contribution in [3.63, 3.8) is 0 Å². The molecule has 1 unspecified atom stereocenters. The molecule has 150 valence electrons. The molecule has 3 rings (SSSR count).